The summed E-state index contributed by atoms with van der Waals surface area (Å²) in [6.45, 7) is 4.63. The molecule has 2 amide bonds. The van der Waals surface area contributed by atoms with E-state index in [4.69, 9.17) is 4.98 Å². The highest BCUT2D eigenvalue weighted by atomic mass is 16.2. The summed E-state index contributed by atoms with van der Waals surface area (Å²) in [7, 11) is 0. The van der Waals surface area contributed by atoms with Crippen LogP contribution in [0.15, 0.2) is 6.20 Å². The van der Waals surface area contributed by atoms with Gasteiger partial charge in [-0.25, -0.2) is 9.97 Å². The molecule has 4 aliphatic rings. The average Bonchev–Trinajstić information content (AvgIpc) is 3.47. The van der Waals surface area contributed by atoms with Crippen molar-refractivity contribution in [1.29, 1.82) is 0 Å². The number of rotatable bonds is 2. The zero-order chi connectivity index (χ0) is 19.3. The first kappa shape index (κ1) is 18.1. The molecule has 3 heterocycles. The molecular weight excluding hydrogens is 352 g/mol. The maximum atomic E-state index is 13.1. The summed E-state index contributed by atoms with van der Waals surface area (Å²) < 4.78 is 0. The molecule has 28 heavy (non-hydrogen) atoms. The molecule has 1 aromatic heterocycles. The summed E-state index contributed by atoms with van der Waals surface area (Å²) in [4.78, 5) is 38.2. The van der Waals surface area contributed by atoms with Crippen molar-refractivity contribution >= 4 is 11.8 Å². The van der Waals surface area contributed by atoms with Gasteiger partial charge in [0.05, 0.1) is 5.69 Å². The van der Waals surface area contributed by atoms with E-state index in [1.54, 1.807) is 6.92 Å². The van der Waals surface area contributed by atoms with E-state index in [0.717, 1.165) is 56.0 Å². The van der Waals surface area contributed by atoms with E-state index in [2.05, 4.69) is 9.88 Å². The van der Waals surface area contributed by atoms with E-state index < -0.39 is 0 Å². The van der Waals surface area contributed by atoms with Crippen LogP contribution in [-0.2, 0) is 22.6 Å². The molecule has 2 aliphatic carbocycles. The Hall–Kier alpha value is -1.98. The Morgan fingerprint density at radius 3 is 2.57 bits per heavy atom. The lowest BCUT2D eigenvalue weighted by Gasteiger charge is -2.33. The van der Waals surface area contributed by atoms with Gasteiger partial charge in [0.25, 0.3) is 0 Å². The molecular formula is C22H30N4O2. The van der Waals surface area contributed by atoms with Gasteiger partial charge >= 0.3 is 0 Å². The van der Waals surface area contributed by atoms with Crippen LogP contribution in [0.4, 0.5) is 0 Å². The van der Waals surface area contributed by atoms with Gasteiger partial charge in [-0.2, -0.15) is 0 Å². The molecule has 0 radical (unpaired) electrons. The van der Waals surface area contributed by atoms with Crippen molar-refractivity contribution in [3.8, 4) is 0 Å². The molecule has 2 aliphatic heterocycles. The average molecular weight is 383 g/mol. The van der Waals surface area contributed by atoms with Crippen LogP contribution in [0, 0.1) is 17.8 Å². The van der Waals surface area contributed by atoms with E-state index in [-0.39, 0.29) is 11.8 Å². The van der Waals surface area contributed by atoms with E-state index >= 15 is 0 Å². The number of carbonyl (C=O) groups excluding carboxylic acids is 2. The van der Waals surface area contributed by atoms with Gasteiger partial charge in [0.15, 0.2) is 0 Å². The summed E-state index contributed by atoms with van der Waals surface area (Å²) in [5.41, 5.74) is 2.15. The van der Waals surface area contributed by atoms with Crippen molar-refractivity contribution in [1.82, 2.24) is 19.8 Å². The molecule has 150 valence electrons. The maximum Gasteiger partial charge on any atom is 0.226 e. The molecule has 0 aromatic carbocycles. The number of carbonyl (C=O) groups is 2. The first-order valence-corrected chi connectivity index (χ1v) is 11.0. The standard InChI is InChI=1S/C22H30N4O2/c1-14(27)25-10-8-19-16(13-25)11-23-21(24-19)15-5-4-9-26(12-15)22(28)20-17-6-2-3-7-18(17)20/h11,15,17-18,20H,2-10,12-13H2,1H3. The fourth-order valence-corrected chi connectivity index (χ4v) is 5.75. The molecule has 6 nitrogen and oxygen atoms in total. The Balaban J connectivity index is 1.27. The molecule has 3 unspecified atom stereocenters. The molecule has 0 spiro atoms. The second-order valence-electron chi connectivity index (χ2n) is 9.15. The number of hydrogen-bond acceptors (Lipinski definition) is 4. The molecule has 6 heteroatoms. The fraction of sp³-hybridized carbons (Fsp3) is 0.727. The summed E-state index contributed by atoms with van der Waals surface area (Å²) in [6.07, 6.45) is 9.91. The number of nitrogens with zero attached hydrogens (tertiary/aromatic N) is 4. The van der Waals surface area contributed by atoms with Gasteiger partial charge < -0.3 is 9.80 Å². The molecule has 1 aromatic rings. The van der Waals surface area contributed by atoms with Gasteiger partial charge in [-0.15, -0.1) is 0 Å². The Kier molecular flexibility index (Phi) is 4.60. The van der Waals surface area contributed by atoms with E-state index in [0.29, 0.717) is 30.2 Å². The SMILES string of the molecule is CC(=O)N1CCc2nc(C3CCCN(C(=O)C4C5CCCCC54)C3)ncc2C1. The van der Waals surface area contributed by atoms with Gasteiger partial charge in [-0.1, -0.05) is 12.8 Å². The van der Waals surface area contributed by atoms with Crippen molar-refractivity contribution in [2.75, 3.05) is 19.6 Å². The number of piperidine rings is 1. The van der Waals surface area contributed by atoms with Gasteiger partial charge in [0.1, 0.15) is 5.82 Å². The highest BCUT2D eigenvalue weighted by Gasteiger charge is 2.56. The summed E-state index contributed by atoms with van der Waals surface area (Å²) in [6, 6.07) is 0. The third-order valence-corrected chi connectivity index (χ3v) is 7.44. The zero-order valence-corrected chi connectivity index (χ0v) is 16.8. The van der Waals surface area contributed by atoms with Crippen LogP contribution in [0.1, 0.15) is 68.4 Å². The minimum Gasteiger partial charge on any atom is -0.342 e. The molecule has 0 bridgehead atoms. The lowest BCUT2D eigenvalue weighted by molar-refractivity contribution is -0.134. The van der Waals surface area contributed by atoms with Crippen LogP contribution in [0.3, 0.4) is 0 Å². The number of likely N-dealkylation sites (tertiary alicyclic amines) is 1. The highest BCUT2D eigenvalue weighted by molar-refractivity contribution is 5.82. The first-order chi connectivity index (χ1) is 13.6. The highest BCUT2D eigenvalue weighted by Crippen LogP contribution is 2.56. The van der Waals surface area contributed by atoms with Gasteiger partial charge in [-0.3, -0.25) is 9.59 Å². The van der Waals surface area contributed by atoms with Crippen LogP contribution in [0.25, 0.3) is 0 Å². The quantitative estimate of drug-likeness (QED) is 0.788. The monoisotopic (exact) mass is 382 g/mol. The topological polar surface area (TPSA) is 66.4 Å². The van der Waals surface area contributed by atoms with E-state index in [9.17, 15) is 9.59 Å². The summed E-state index contributed by atoms with van der Waals surface area (Å²) in [5.74, 6) is 3.30. The normalized spacial score (nSPS) is 31.8. The van der Waals surface area contributed by atoms with Gasteiger partial charge in [0, 0.05) is 63.1 Å². The minimum absolute atomic E-state index is 0.108. The molecule has 2 saturated carbocycles. The third kappa shape index (κ3) is 3.20. The number of amides is 2. The lowest BCUT2D eigenvalue weighted by atomic mass is 9.96. The van der Waals surface area contributed by atoms with Crippen LogP contribution < -0.4 is 0 Å². The van der Waals surface area contributed by atoms with Crippen LogP contribution in [0.5, 0.6) is 0 Å². The fourth-order valence-electron chi connectivity index (χ4n) is 5.75. The zero-order valence-electron chi connectivity index (χ0n) is 16.8. The Morgan fingerprint density at radius 1 is 1.04 bits per heavy atom. The summed E-state index contributed by atoms with van der Waals surface area (Å²) >= 11 is 0. The Labute approximate surface area is 166 Å². The van der Waals surface area contributed by atoms with Crippen molar-refractivity contribution in [2.45, 2.75) is 64.3 Å². The molecule has 3 atom stereocenters. The second kappa shape index (κ2) is 7.12. The first-order valence-electron chi connectivity index (χ1n) is 11.0. The minimum atomic E-state index is 0.108. The Morgan fingerprint density at radius 2 is 1.82 bits per heavy atom. The predicted octanol–water partition coefficient (Wildman–Crippen LogP) is 2.52. The summed E-state index contributed by atoms with van der Waals surface area (Å²) in [5, 5.41) is 0. The maximum absolute atomic E-state index is 13.1. The van der Waals surface area contributed by atoms with E-state index in [1.165, 1.54) is 25.7 Å². The van der Waals surface area contributed by atoms with Crippen LogP contribution >= 0.6 is 0 Å². The van der Waals surface area contributed by atoms with Crippen molar-refractivity contribution < 1.29 is 9.59 Å². The lowest BCUT2D eigenvalue weighted by Crippen LogP contribution is -2.41. The molecule has 1 saturated heterocycles. The van der Waals surface area contributed by atoms with Gasteiger partial charge in [0.2, 0.25) is 11.8 Å². The van der Waals surface area contributed by atoms with Crippen LogP contribution in [-0.4, -0.2) is 51.2 Å². The van der Waals surface area contributed by atoms with Crippen LogP contribution in [0.2, 0.25) is 0 Å². The molecule has 3 fully saturated rings. The molecule has 5 rings (SSSR count). The van der Waals surface area contributed by atoms with Crippen molar-refractivity contribution in [3.05, 3.63) is 23.3 Å². The predicted molar refractivity (Wildman–Crippen MR) is 104 cm³/mol. The number of aromatic nitrogens is 2. The smallest absolute Gasteiger partial charge is 0.226 e. The second-order valence-corrected chi connectivity index (χ2v) is 9.15. The number of hydrogen-bond donors (Lipinski definition) is 0. The van der Waals surface area contributed by atoms with Crippen molar-refractivity contribution in [2.24, 2.45) is 17.8 Å². The Bertz CT molecular complexity index is 783. The number of fused-ring (bicyclic) bond motifs is 2. The van der Waals surface area contributed by atoms with Crippen molar-refractivity contribution in [3.63, 3.8) is 0 Å². The third-order valence-electron chi connectivity index (χ3n) is 7.44. The largest absolute Gasteiger partial charge is 0.342 e. The van der Waals surface area contributed by atoms with E-state index in [1.807, 2.05) is 11.1 Å². The van der Waals surface area contributed by atoms with Gasteiger partial charge in [-0.05, 0) is 37.5 Å². The molecule has 0 N–H and O–H groups in total.